The molecule has 2 aliphatic rings. The summed E-state index contributed by atoms with van der Waals surface area (Å²) in [5.41, 5.74) is 0.387. The number of imidazole rings is 1. The molecule has 1 aliphatic heterocycles. The number of carbonyl (C=O) groups excluding carboxylic acids is 2. The predicted octanol–water partition coefficient (Wildman–Crippen LogP) is 5.39. The van der Waals surface area contributed by atoms with Crippen molar-refractivity contribution in [3.63, 3.8) is 0 Å². The van der Waals surface area contributed by atoms with Gasteiger partial charge in [0.15, 0.2) is 0 Å². The molecule has 1 aromatic heterocycles. The van der Waals surface area contributed by atoms with Gasteiger partial charge in [-0.25, -0.2) is 9.78 Å². The Labute approximate surface area is 206 Å². The maximum atomic E-state index is 13.5. The first kappa shape index (κ1) is 23.9. The molecule has 36 heavy (non-hydrogen) atoms. The van der Waals surface area contributed by atoms with Crippen molar-refractivity contribution in [2.75, 3.05) is 23.3 Å². The number of nitrogens with zero attached hydrogens (tertiary/aromatic N) is 4. The average Bonchev–Trinajstić information content (AvgIpc) is 3.55. The van der Waals surface area contributed by atoms with E-state index < -0.39 is 23.2 Å². The molecule has 1 saturated carbocycles. The number of hydrogen-bond acceptors (Lipinski definition) is 3. The molecule has 1 saturated heterocycles. The monoisotopic (exact) mass is 497 g/mol. The minimum atomic E-state index is -4.51. The molecule has 2 fully saturated rings. The number of anilines is 2. The second-order valence-electron chi connectivity index (χ2n) is 9.37. The van der Waals surface area contributed by atoms with E-state index in [0.717, 1.165) is 55.0 Å². The minimum absolute atomic E-state index is 0.0455. The Kier molecular flexibility index (Phi) is 5.97. The molecule has 7 nitrogen and oxygen atoms in total. The zero-order valence-electron chi connectivity index (χ0n) is 19.8. The number of amides is 3. The Morgan fingerprint density at radius 3 is 2.42 bits per heavy atom. The van der Waals surface area contributed by atoms with E-state index in [1.807, 2.05) is 42.0 Å². The predicted molar refractivity (Wildman–Crippen MR) is 129 cm³/mol. The number of alkyl halides is 3. The Bertz CT molecular complexity index is 1280. The van der Waals surface area contributed by atoms with Crippen molar-refractivity contribution in [2.24, 2.45) is 0 Å². The SMILES string of the molecule is Cc1nccn1-c1ccc(N2CC3(CCCC3)N(CC(=O)Nc3cccc(C(F)(F)F)c3)C2=O)cc1. The quantitative estimate of drug-likeness (QED) is 0.514. The Hall–Kier alpha value is -3.82. The van der Waals surface area contributed by atoms with Gasteiger partial charge in [0, 0.05) is 29.5 Å². The van der Waals surface area contributed by atoms with Gasteiger partial charge < -0.3 is 14.8 Å². The molecule has 1 N–H and O–H groups in total. The summed E-state index contributed by atoms with van der Waals surface area (Å²) in [6.45, 7) is 2.15. The number of hydrogen-bond donors (Lipinski definition) is 1. The summed E-state index contributed by atoms with van der Waals surface area (Å²) in [7, 11) is 0. The van der Waals surface area contributed by atoms with E-state index in [1.165, 1.54) is 12.1 Å². The van der Waals surface area contributed by atoms with Crippen LogP contribution in [0.3, 0.4) is 0 Å². The highest BCUT2D eigenvalue weighted by molar-refractivity contribution is 6.00. The third kappa shape index (κ3) is 4.43. The van der Waals surface area contributed by atoms with Crippen LogP contribution >= 0.6 is 0 Å². The van der Waals surface area contributed by atoms with Crippen LogP contribution in [0.4, 0.5) is 29.3 Å². The summed E-state index contributed by atoms with van der Waals surface area (Å²) >= 11 is 0. The van der Waals surface area contributed by atoms with Gasteiger partial charge in [0.2, 0.25) is 5.91 Å². The molecular formula is C26H26F3N5O2. The lowest BCUT2D eigenvalue weighted by Gasteiger charge is -2.32. The first-order chi connectivity index (χ1) is 17.2. The summed E-state index contributed by atoms with van der Waals surface area (Å²) < 4.78 is 41.1. The standard InChI is InChI=1S/C26H26F3N5O2/c1-18-30-13-14-32(18)21-7-9-22(10-8-21)33-17-25(11-2-3-12-25)34(24(33)36)16-23(35)31-20-6-4-5-19(15-20)26(27,28)29/h4-10,13-15H,2-3,11-12,16-17H2,1H3,(H,31,35). The van der Waals surface area contributed by atoms with Gasteiger partial charge in [-0.1, -0.05) is 18.9 Å². The lowest BCUT2D eigenvalue weighted by atomic mass is 9.96. The van der Waals surface area contributed by atoms with E-state index >= 15 is 0 Å². The fraction of sp³-hybridized carbons (Fsp3) is 0.346. The lowest BCUT2D eigenvalue weighted by Crippen LogP contribution is -2.48. The maximum Gasteiger partial charge on any atom is 0.416 e. The molecule has 2 heterocycles. The number of halogens is 3. The summed E-state index contributed by atoms with van der Waals surface area (Å²) in [4.78, 5) is 33.9. The summed E-state index contributed by atoms with van der Waals surface area (Å²) in [5, 5.41) is 2.53. The molecule has 0 bridgehead atoms. The average molecular weight is 498 g/mol. The van der Waals surface area contributed by atoms with Gasteiger partial charge in [-0.05, 0) is 62.2 Å². The van der Waals surface area contributed by atoms with E-state index in [0.29, 0.717) is 6.54 Å². The molecule has 5 rings (SSSR count). The Morgan fingerprint density at radius 2 is 1.78 bits per heavy atom. The molecule has 2 aromatic carbocycles. The molecule has 0 unspecified atom stereocenters. The summed E-state index contributed by atoms with van der Waals surface area (Å²) in [5.74, 6) is 0.324. The van der Waals surface area contributed by atoms with Crippen molar-refractivity contribution < 1.29 is 22.8 Å². The molecule has 3 amide bonds. The summed E-state index contributed by atoms with van der Waals surface area (Å²) in [6.07, 6.45) is 2.53. The smallest absolute Gasteiger partial charge is 0.325 e. The van der Waals surface area contributed by atoms with Crippen LogP contribution in [0.2, 0.25) is 0 Å². The van der Waals surface area contributed by atoms with Crippen molar-refractivity contribution in [3.05, 3.63) is 72.3 Å². The Morgan fingerprint density at radius 1 is 1.08 bits per heavy atom. The largest absolute Gasteiger partial charge is 0.416 e. The maximum absolute atomic E-state index is 13.5. The Balaban J connectivity index is 1.34. The molecule has 1 aliphatic carbocycles. The molecule has 0 atom stereocenters. The van der Waals surface area contributed by atoms with Crippen LogP contribution in [0.15, 0.2) is 60.9 Å². The zero-order valence-corrected chi connectivity index (χ0v) is 19.8. The number of carbonyl (C=O) groups is 2. The topological polar surface area (TPSA) is 70.5 Å². The molecule has 3 aromatic rings. The van der Waals surface area contributed by atoms with Crippen LogP contribution in [0.1, 0.15) is 37.1 Å². The molecule has 10 heteroatoms. The van der Waals surface area contributed by atoms with Crippen molar-refractivity contribution in [2.45, 2.75) is 44.3 Å². The van der Waals surface area contributed by atoms with Gasteiger partial charge in [0.1, 0.15) is 12.4 Å². The molecular weight excluding hydrogens is 471 g/mol. The van der Waals surface area contributed by atoms with Crippen molar-refractivity contribution in [1.29, 1.82) is 0 Å². The van der Waals surface area contributed by atoms with E-state index in [2.05, 4.69) is 10.3 Å². The first-order valence-electron chi connectivity index (χ1n) is 11.8. The number of aromatic nitrogens is 2. The third-order valence-electron chi connectivity index (χ3n) is 7.06. The number of urea groups is 1. The van der Waals surface area contributed by atoms with Crippen molar-refractivity contribution >= 4 is 23.3 Å². The molecule has 188 valence electrons. The minimum Gasteiger partial charge on any atom is -0.325 e. The highest BCUT2D eigenvalue weighted by atomic mass is 19.4. The van der Waals surface area contributed by atoms with Crippen LogP contribution in [0, 0.1) is 6.92 Å². The lowest BCUT2D eigenvalue weighted by molar-refractivity contribution is -0.137. The first-order valence-corrected chi connectivity index (χ1v) is 11.8. The second-order valence-corrected chi connectivity index (χ2v) is 9.37. The van der Waals surface area contributed by atoms with Gasteiger partial charge in [0.05, 0.1) is 17.6 Å². The molecule has 1 spiro atoms. The number of rotatable bonds is 5. The summed E-state index contributed by atoms with van der Waals surface area (Å²) in [6, 6.07) is 11.8. The fourth-order valence-electron chi connectivity index (χ4n) is 5.26. The van der Waals surface area contributed by atoms with Crippen molar-refractivity contribution in [1.82, 2.24) is 14.5 Å². The third-order valence-corrected chi connectivity index (χ3v) is 7.06. The number of nitrogens with one attached hydrogen (secondary N) is 1. The van der Waals surface area contributed by atoms with Crippen LogP contribution in [-0.4, -0.2) is 45.0 Å². The van der Waals surface area contributed by atoms with E-state index in [1.54, 1.807) is 16.0 Å². The molecule has 0 radical (unpaired) electrons. The number of benzene rings is 2. The second kappa shape index (κ2) is 9.00. The van der Waals surface area contributed by atoms with Crippen LogP contribution < -0.4 is 10.2 Å². The van der Waals surface area contributed by atoms with E-state index in [-0.39, 0.29) is 18.3 Å². The van der Waals surface area contributed by atoms with Gasteiger partial charge in [-0.3, -0.25) is 9.69 Å². The van der Waals surface area contributed by atoms with Crippen LogP contribution in [0.5, 0.6) is 0 Å². The van der Waals surface area contributed by atoms with E-state index in [4.69, 9.17) is 0 Å². The van der Waals surface area contributed by atoms with Crippen LogP contribution in [-0.2, 0) is 11.0 Å². The highest BCUT2D eigenvalue weighted by Gasteiger charge is 2.51. The van der Waals surface area contributed by atoms with Crippen LogP contribution in [0.25, 0.3) is 5.69 Å². The normalized spacial score (nSPS) is 17.3. The van der Waals surface area contributed by atoms with Gasteiger partial charge in [-0.15, -0.1) is 0 Å². The van der Waals surface area contributed by atoms with Gasteiger partial charge in [0.25, 0.3) is 0 Å². The van der Waals surface area contributed by atoms with Gasteiger partial charge >= 0.3 is 12.2 Å². The van der Waals surface area contributed by atoms with E-state index in [9.17, 15) is 22.8 Å². The van der Waals surface area contributed by atoms with Gasteiger partial charge in [-0.2, -0.15) is 13.2 Å². The van der Waals surface area contributed by atoms with Crippen molar-refractivity contribution in [3.8, 4) is 5.69 Å². The fourth-order valence-corrected chi connectivity index (χ4v) is 5.26. The highest BCUT2D eigenvalue weighted by Crippen LogP contribution is 2.42. The number of aryl methyl sites for hydroxylation is 1. The zero-order chi connectivity index (χ0) is 25.5.